The van der Waals surface area contributed by atoms with Gasteiger partial charge in [0.2, 0.25) is 0 Å². The van der Waals surface area contributed by atoms with E-state index in [2.05, 4.69) is 81.6 Å². The van der Waals surface area contributed by atoms with Crippen molar-refractivity contribution in [2.24, 2.45) is 16.7 Å². The van der Waals surface area contributed by atoms with Crippen LogP contribution in [0.3, 0.4) is 0 Å². The summed E-state index contributed by atoms with van der Waals surface area (Å²) in [6.45, 7) is 27.8. The summed E-state index contributed by atoms with van der Waals surface area (Å²) >= 11 is 0. The summed E-state index contributed by atoms with van der Waals surface area (Å²) in [6, 6.07) is 20.3. The SMILES string of the molecule is C=C(C)C(=O)OCCCc1cc(-c2ccc(CCc3ccc(CCCCC)cc3)cc2CC)cc(CCCOC(=O)C(=C)C)c1OCCC(C(O)C(C)(C)C)C(O)C(C)(C)C. The van der Waals surface area contributed by atoms with E-state index in [1.165, 1.54) is 41.5 Å². The van der Waals surface area contributed by atoms with E-state index in [4.69, 9.17) is 14.2 Å². The molecular weight excluding hydrogens is 761 g/mol. The lowest BCUT2D eigenvalue weighted by Crippen LogP contribution is -2.46. The van der Waals surface area contributed by atoms with Crippen molar-refractivity contribution in [3.8, 4) is 16.9 Å². The van der Waals surface area contributed by atoms with Gasteiger partial charge in [-0.3, -0.25) is 0 Å². The third-order valence-corrected chi connectivity index (χ3v) is 11.5. The highest BCUT2D eigenvalue weighted by molar-refractivity contribution is 5.87. The van der Waals surface area contributed by atoms with Crippen LogP contribution in [0.25, 0.3) is 11.1 Å². The number of benzene rings is 3. The number of carbonyl (C=O) groups excluding carboxylic acids is 2. The van der Waals surface area contributed by atoms with E-state index in [1.807, 2.05) is 41.5 Å². The molecule has 0 radical (unpaired) electrons. The molecule has 0 spiro atoms. The number of ether oxygens (including phenoxy) is 3. The number of hydrogen-bond acceptors (Lipinski definition) is 7. The Kier molecular flexibility index (Phi) is 20.5. The zero-order chi connectivity index (χ0) is 45.3. The van der Waals surface area contributed by atoms with Gasteiger partial charge >= 0.3 is 11.9 Å². The molecule has 2 unspecified atom stereocenters. The molecule has 7 heteroatoms. The Hall–Kier alpha value is -4.20. The topological polar surface area (TPSA) is 102 Å². The number of carbonyl (C=O) groups is 2. The van der Waals surface area contributed by atoms with Gasteiger partial charge in [-0.1, -0.05) is 124 Å². The van der Waals surface area contributed by atoms with Crippen LogP contribution in [0.5, 0.6) is 5.75 Å². The first-order valence-corrected chi connectivity index (χ1v) is 22.8. The monoisotopic (exact) mass is 839 g/mol. The molecule has 0 saturated heterocycles. The highest BCUT2D eigenvalue weighted by Crippen LogP contribution is 2.38. The maximum atomic E-state index is 12.3. The van der Waals surface area contributed by atoms with E-state index in [9.17, 15) is 19.8 Å². The first-order valence-electron chi connectivity index (χ1n) is 22.8. The molecule has 0 bridgehead atoms. The summed E-state index contributed by atoms with van der Waals surface area (Å²) in [7, 11) is 0. The average molecular weight is 839 g/mol. The third kappa shape index (κ3) is 16.5. The van der Waals surface area contributed by atoms with Crippen LogP contribution in [0.1, 0.15) is 141 Å². The molecule has 7 nitrogen and oxygen atoms in total. The highest BCUT2D eigenvalue weighted by Gasteiger charge is 2.39. The smallest absolute Gasteiger partial charge is 0.333 e. The zero-order valence-corrected chi connectivity index (χ0v) is 39.4. The van der Waals surface area contributed by atoms with Crippen LogP contribution >= 0.6 is 0 Å². The number of rotatable bonds is 25. The summed E-state index contributed by atoms with van der Waals surface area (Å²) in [6.07, 6.45) is 8.91. The van der Waals surface area contributed by atoms with Crippen molar-refractivity contribution in [2.45, 2.75) is 158 Å². The minimum atomic E-state index is -0.756. The fourth-order valence-corrected chi connectivity index (χ4v) is 7.76. The molecule has 0 aliphatic carbocycles. The summed E-state index contributed by atoms with van der Waals surface area (Å²) < 4.78 is 17.8. The Morgan fingerprint density at radius 3 is 1.54 bits per heavy atom. The molecule has 0 amide bonds. The minimum absolute atomic E-state index is 0.232. The standard InChI is InChI=1S/C54H78O7/c1-13-15-16-19-39-22-24-40(25-23-39)26-27-41-28-29-46(42(14-2)34-41)45-35-43(20-17-31-60-51(57)37(3)4)48(44(36-45)21-18-32-61-52(58)38(5)6)59-33-30-47(49(55)53(7,8)9)50(56)54(10,11)12/h22-25,28-29,34-36,47,49-50,55-56H,3,5,13-21,26-27,30-33H2,1-2,4,6-12H3. The molecule has 0 saturated carbocycles. The van der Waals surface area contributed by atoms with Crippen LogP contribution in [0, 0.1) is 16.7 Å². The van der Waals surface area contributed by atoms with Gasteiger partial charge in [0.25, 0.3) is 0 Å². The Bertz CT molecular complexity index is 1800. The largest absolute Gasteiger partial charge is 0.493 e. The van der Waals surface area contributed by atoms with Crippen LogP contribution in [0.2, 0.25) is 0 Å². The zero-order valence-electron chi connectivity index (χ0n) is 39.4. The second-order valence-corrected chi connectivity index (χ2v) is 19.2. The van der Waals surface area contributed by atoms with Crippen molar-refractivity contribution in [3.05, 3.63) is 112 Å². The van der Waals surface area contributed by atoms with Crippen LogP contribution in [-0.2, 0) is 57.6 Å². The van der Waals surface area contributed by atoms with Gasteiger partial charge in [0.1, 0.15) is 5.75 Å². The van der Waals surface area contributed by atoms with Gasteiger partial charge < -0.3 is 24.4 Å². The number of aliphatic hydroxyl groups is 2. The maximum absolute atomic E-state index is 12.3. The number of aryl methyl sites for hydroxylation is 6. The molecule has 0 fully saturated rings. The Morgan fingerprint density at radius 2 is 1.08 bits per heavy atom. The Labute approximate surface area is 369 Å². The number of hydrogen-bond donors (Lipinski definition) is 2. The molecule has 2 N–H and O–H groups in total. The van der Waals surface area contributed by atoms with Crippen LogP contribution in [-0.4, -0.2) is 54.2 Å². The first-order chi connectivity index (χ1) is 28.8. The molecule has 0 aromatic heterocycles. The minimum Gasteiger partial charge on any atom is -0.493 e. The fraction of sp³-hybridized carbons (Fsp3) is 0.556. The molecule has 3 aromatic rings. The van der Waals surface area contributed by atoms with E-state index >= 15 is 0 Å². The lowest BCUT2D eigenvalue weighted by molar-refractivity contribution is -0.139. The van der Waals surface area contributed by atoms with Gasteiger partial charge in [0.15, 0.2) is 0 Å². The predicted molar refractivity (Wildman–Crippen MR) is 251 cm³/mol. The number of aliphatic hydroxyl groups excluding tert-OH is 2. The second kappa shape index (κ2) is 24.4. The summed E-state index contributed by atoms with van der Waals surface area (Å²) in [5, 5.41) is 23.0. The van der Waals surface area contributed by atoms with E-state index in [0.29, 0.717) is 43.3 Å². The lowest BCUT2D eigenvalue weighted by Gasteiger charge is -2.40. The number of esters is 2. The fourth-order valence-electron chi connectivity index (χ4n) is 7.76. The van der Waals surface area contributed by atoms with Crippen molar-refractivity contribution in [3.63, 3.8) is 0 Å². The molecule has 3 aromatic carbocycles. The summed E-state index contributed by atoms with van der Waals surface area (Å²) in [4.78, 5) is 24.5. The molecule has 0 aliphatic rings. The van der Waals surface area contributed by atoms with Gasteiger partial charge in [0, 0.05) is 17.1 Å². The van der Waals surface area contributed by atoms with Crippen molar-refractivity contribution in [1.29, 1.82) is 0 Å². The lowest BCUT2D eigenvalue weighted by atomic mass is 9.71. The molecule has 336 valence electrons. The van der Waals surface area contributed by atoms with Crippen molar-refractivity contribution < 1.29 is 34.0 Å². The van der Waals surface area contributed by atoms with Crippen LogP contribution in [0.15, 0.2) is 78.9 Å². The van der Waals surface area contributed by atoms with E-state index < -0.39 is 40.9 Å². The van der Waals surface area contributed by atoms with Gasteiger partial charge in [0.05, 0.1) is 32.0 Å². The van der Waals surface area contributed by atoms with Crippen LogP contribution < -0.4 is 4.74 Å². The van der Waals surface area contributed by atoms with E-state index in [1.54, 1.807) is 13.8 Å². The molecule has 0 aliphatic heterocycles. The molecule has 61 heavy (non-hydrogen) atoms. The van der Waals surface area contributed by atoms with Gasteiger partial charge in [-0.15, -0.1) is 0 Å². The van der Waals surface area contributed by atoms with E-state index in [-0.39, 0.29) is 19.8 Å². The van der Waals surface area contributed by atoms with Crippen LogP contribution in [0.4, 0.5) is 0 Å². The average Bonchev–Trinajstić information content (AvgIpc) is 3.21. The predicted octanol–water partition coefficient (Wildman–Crippen LogP) is 11.7. The summed E-state index contributed by atoms with van der Waals surface area (Å²) in [5.41, 5.74) is 9.33. The molecular formula is C54H78O7. The normalized spacial score (nSPS) is 13.3. The number of unbranched alkanes of at least 4 members (excludes halogenated alkanes) is 2. The maximum Gasteiger partial charge on any atom is 0.333 e. The first kappa shape index (κ1) is 51.2. The quantitative estimate of drug-likeness (QED) is 0.0498. The van der Waals surface area contributed by atoms with Gasteiger partial charge in [-0.2, -0.15) is 0 Å². The van der Waals surface area contributed by atoms with Crippen molar-refractivity contribution in [2.75, 3.05) is 19.8 Å². The Morgan fingerprint density at radius 1 is 0.607 bits per heavy atom. The van der Waals surface area contributed by atoms with Crippen molar-refractivity contribution >= 4 is 11.9 Å². The van der Waals surface area contributed by atoms with Gasteiger partial charge in [-0.05, 0) is 146 Å². The van der Waals surface area contributed by atoms with Gasteiger partial charge in [-0.25, -0.2) is 9.59 Å². The second-order valence-electron chi connectivity index (χ2n) is 19.2. The molecule has 3 rings (SSSR count). The Balaban J connectivity index is 2.02. The molecule has 2 atom stereocenters. The third-order valence-electron chi connectivity index (χ3n) is 11.5. The van der Waals surface area contributed by atoms with Crippen molar-refractivity contribution in [1.82, 2.24) is 0 Å². The summed E-state index contributed by atoms with van der Waals surface area (Å²) in [5.74, 6) is -0.511. The highest BCUT2D eigenvalue weighted by atomic mass is 16.5. The van der Waals surface area contributed by atoms with E-state index in [0.717, 1.165) is 53.7 Å². The molecule has 0 heterocycles.